The van der Waals surface area contributed by atoms with E-state index in [0.717, 1.165) is 42.4 Å². The molecule has 0 heterocycles. The molecule has 22 heavy (non-hydrogen) atoms. The standard InChI is InChI=1S/C16H27N3O2.HI/c1-13-7-5-8-14(2)15(13)21-12-10-19-16(17-3)18-9-6-11-20-4;/h5,7-8H,6,9-12H2,1-4H3,(H2,17,18,19);1H. The number of guanidine groups is 1. The number of ether oxygens (including phenoxy) is 2. The molecule has 0 aliphatic heterocycles. The van der Waals surface area contributed by atoms with Crippen LogP contribution in [0.5, 0.6) is 5.75 Å². The van der Waals surface area contributed by atoms with Crippen LogP contribution in [0.25, 0.3) is 0 Å². The van der Waals surface area contributed by atoms with E-state index in [-0.39, 0.29) is 24.0 Å². The molecule has 1 aromatic rings. The summed E-state index contributed by atoms with van der Waals surface area (Å²) in [6.45, 7) is 7.02. The smallest absolute Gasteiger partial charge is 0.191 e. The molecule has 0 aliphatic carbocycles. The SMILES string of the molecule is CN=C(NCCCOC)NCCOc1c(C)cccc1C.I. The molecule has 0 fully saturated rings. The number of aryl methyl sites for hydroxylation is 2. The van der Waals surface area contributed by atoms with Crippen LogP contribution in [0.3, 0.4) is 0 Å². The third-order valence-electron chi connectivity index (χ3n) is 3.09. The van der Waals surface area contributed by atoms with Crippen LogP contribution in [0, 0.1) is 13.8 Å². The van der Waals surface area contributed by atoms with Crippen molar-refractivity contribution in [3.63, 3.8) is 0 Å². The Hall–Kier alpha value is -1.02. The van der Waals surface area contributed by atoms with Gasteiger partial charge in [0.05, 0.1) is 6.54 Å². The van der Waals surface area contributed by atoms with Gasteiger partial charge in [-0.25, -0.2) is 0 Å². The minimum Gasteiger partial charge on any atom is -0.491 e. The number of benzene rings is 1. The third kappa shape index (κ3) is 7.84. The minimum atomic E-state index is 0. The Morgan fingerprint density at radius 1 is 1.09 bits per heavy atom. The van der Waals surface area contributed by atoms with Crippen molar-refractivity contribution in [3.05, 3.63) is 29.3 Å². The Labute approximate surface area is 150 Å². The fourth-order valence-electron chi connectivity index (χ4n) is 1.99. The summed E-state index contributed by atoms with van der Waals surface area (Å²) in [7, 11) is 3.47. The summed E-state index contributed by atoms with van der Waals surface area (Å²) in [5.74, 6) is 1.76. The van der Waals surface area contributed by atoms with Crippen molar-refractivity contribution in [2.75, 3.05) is 40.5 Å². The maximum atomic E-state index is 5.84. The van der Waals surface area contributed by atoms with E-state index in [4.69, 9.17) is 9.47 Å². The number of hydrogen-bond acceptors (Lipinski definition) is 3. The molecule has 0 spiro atoms. The maximum absolute atomic E-state index is 5.84. The summed E-state index contributed by atoms with van der Waals surface area (Å²) in [4.78, 5) is 4.16. The number of nitrogens with one attached hydrogen (secondary N) is 2. The van der Waals surface area contributed by atoms with Gasteiger partial charge in [0.15, 0.2) is 5.96 Å². The number of nitrogens with zero attached hydrogens (tertiary/aromatic N) is 1. The van der Waals surface area contributed by atoms with Crippen molar-refractivity contribution < 1.29 is 9.47 Å². The van der Waals surface area contributed by atoms with Crippen LogP contribution >= 0.6 is 24.0 Å². The first kappa shape index (κ1) is 21.0. The van der Waals surface area contributed by atoms with Crippen molar-refractivity contribution in [2.24, 2.45) is 4.99 Å². The first-order chi connectivity index (χ1) is 10.2. The van der Waals surface area contributed by atoms with Crippen LogP contribution in [-0.4, -0.2) is 46.4 Å². The number of para-hydroxylation sites is 1. The van der Waals surface area contributed by atoms with E-state index in [0.29, 0.717) is 13.2 Å². The Morgan fingerprint density at radius 2 is 1.73 bits per heavy atom. The first-order valence-corrected chi connectivity index (χ1v) is 7.31. The molecule has 0 atom stereocenters. The van der Waals surface area contributed by atoms with Crippen LogP contribution in [0.2, 0.25) is 0 Å². The summed E-state index contributed by atoms with van der Waals surface area (Å²) in [6, 6.07) is 6.17. The zero-order valence-electron chi connectivity index (χ0n) is 13.9. The highest BCUT2D eigenvalue weighted by Gasteiger charge is 2.03. The molecule has 2 N–H and O–H groups in total. The monoisotopic (exact) mass is 421 g/mol. The fraction of sp³-hybridized carbons (Fsp3) is 0.562. The van der Waals surface area contributed by atoms with Gasteiger partial charge in [0.1, 0.15) is 12.4 Å². The molecule has 6 heteroatoms. The predicted octanol–water partition coefficient (Wildman–Crippen LogP) is 2.50. The molecule has 0 unspecified atom stereocenters. The Bertz CT molecular complexity index is 433. The summed E-state index contributed by atoms with van der Waals surface area (Å²) in [6.07, 6.45) is 0.954. The van der Waals surface area contributed by atoms with E-state index in [9.17, 15) is 0 Å². The van der Waals surface area contributed by atoms with Gasteiger partial charge in [0, 0.05) is 27.3 Å². The van der Waals surface area contributed by atoms with Crippen molar-refractivity contribution in [2.45, 2.75) is 20.3 Å². The second kappa shape index (κ2) is 12.5. The molecule has 0 radical (unpaired) electrons. The molecular formula is C16H28IN3O2. The molecule has 126 valence electrons. The quantitative estimate of drug-likeness (QED) is 0.293. The normalized spacial score (nSPS) is 10.8. The van der Waals surface area contributed by atoms with E-state index in [1.807, 2.05) is 6.07 Å². The van der Waals surface area contributed by atoms with Crippen LogP contribution in [0.4, 0.5) is 0 Å². The van der Waals surface area contributed by atoms with Gasteiger partial charge in [-0.1, -0.05) is 18.2 Å². The Balaban J connectivity index is 0.00000441. The van der Waals surface area contributed by atoms with Crippen LogP contribution in [-0.2, 0) is 4.74 Å². The summed E-state index contributed by atoms with van der Waals surface area (Å²) >= 11 is 0. The molecule has 1 aromatic carbocycles. The summed E-state index contributed by atoms with van der Waals surface area (Å²) in [5, 5.41) is 6.46. The zero-order chi connectivity index (χ0) is 15.5. The largest absolute Gasteiger partial charge is 0.491 e. The van der Waals surface area contributed by atoms with Gasteiger partial charge in [0.2, 0.25) is 0 Å². The number of aliphatic imine (C=N–C) groups is 1. The Morgan fingerprint density at radius 3 is 2.32 bits per heavy atom. The van der Waals surface area contributed by atoms with Gasteiger partial charge >= 0.3 is 0 Å². The average molecular weight is 421 g/mol. The minimum absolute atomic E-state index is 0. The highest BCUT2D eigenvalue weighted by Crippen LogP contribution is 2.21. The molecule has 0 aromatic heterocycles. The van der Waals surface area contributed by atoms with Crippen LogP contribution in [0.1, 0.15) is 17.5 Å². The third-order valence-corrected chi connectivity index (χ3v) is 3.09. The lowest BCUT2D eigenvalue weighted by molar-refractivity contribution is 0.195. The van der Waals surface area contributed by atoms with Crippen LogP contribution < -0.4 is 15.4 Å². The van der Waals surface area contributed by atoms with Gasteiger partial charge in [-0.05, 0) is 31.4 Å². The van der Waals surface area contributed by atoms with Gasteiger partial charge in [-0.3, -0.25) is 4.99 Å². The lowest BCUT2D eigenvalue weighted by atomic mass is 10.1. The predicted molar refractivity (Wildman–Crippen MR) is 103 cm³/mol. The molecule has 1 rings (SSSR count). The number of methoxy groups -OCH3 is 1. The van der Waals surface area contributed by atoms with Crippen molar-refractivity contribution in [1.82, 2.24) is 10.6 Å². The highest BCUT2D eigenvalue weighted by molar-refractivity contribution is 14.0. The molecule has 0 aliphatic rings. The number of halogens is 1. The molecule has 0 saturated heterocycles. The fourth-order valence-corrected chi connectivity index (χ4v) is 1.99. The van der Waals surface area contributed by atoms with Gasteiger partial charge in [-0.15, -0.1) is 24.0 Å². The van der Waals surface area contributed by atoms with E-state index in [1.54, 1.807) is 14.2 Å². The number of rotatable bonds is 8. The van der Waals surface area contributed by atoms with E-state index < -0.39 is 0 Å². The van der Waals surface area contributed by atoms with E-state index in [1.165, 1.54) is 0 Å². The van der Waals surface area contributed by atoms with Gasteiger partial charge in [0.25, 0.3) is 0 Å². The van der Waals surface area contributed by atoms with Crippen LogP contribution in [0.15, 0.2) is 23.2 Å². The average Bonchev–Trinajstić information content (AvgIpc) is 2.48. The van der Waals surface area contributed by atoms with Gasteiger partial charge < -0.3 is 20.1 Å². The topological polar surface area (TPSA) is 54.9 Å². The van der Waals surface area contributed by atoms with E-state index in [2.05, 4.69) is 41.6 Å². The second-order valence-corrected chi connectivity index (χ2v) is 4.84. The number of hydrogen-bond donors (Lipinski definition) is 2. The first-order valence-electron chi connectivity index (χ1n) is 7.31. The molecule has 0 bridgehead atoms. The zero-order valence-corrected chi connectivity index (χ0v) is 16.3. The lowest BCUT2D eigenvalue weighted by Gasteiger charge is -2.14. The Kier molecular flexibility index (Phi) is 11.9. The van der Waals surface area contributed by atoms with Gasteiger partial charge in [-0.2, -0.15) is 0 Å². The van der Waals surface area contributed by atoms with E-state index >= 15 is 0 Å². The lowest BCUT2D eigenvalue weighted by Crippen LogP contribution is -2.39. The van der Waals surface area contributed by atoms with Crippen molar-refractivity contribution in [3.8, 4) is 5.75 Å². The molecule has 0 amide bonds. The van der Waals surface area contributed by atoms with Crippen molar-refractivity contribution >= 4 is 29.9 Å². The summed E-state index contributed by atoms with van der Waals surface area (Å²) < 4.78 is 10.8. The summed E-state index contributed by atoms with van der Waals surface area (Å²) in [5.41, 5.74) is 2.33. The molecular weight excluding hydrogens is 393 g/mol. The maximum Gasteiger partial charge on any atom is 0.191 e. The van der Waals surface area contributed by atoms with Crippen molar-refractivity contribution in [1.29, 1.82) is 0 Å². The second-order valence-electron chi connectivity index (χ2n) is 4.84. The highest BCUT2D eigenvalue weighted by atomic mass is 127. The molecule has 5 nitrogen and oxygen atoms in total. The molecule has 0 saturated carbocycles.